The minimum atomic E-state index is -0.267. The van der Waals surface area contributed by atoms with Gasteiger partial charge in [0, 0.05) is 27.1 Å². The van der Waals surface area contributed by atoms with E-state index in [1.54, 1.807) is 6.33 Å². The Morgan fingerprint density at radius 2 is 1.59 bits per heavy atom. The Morgan fingerprint density at radius 3 is 2.26 bits per heavy atom. The van der Waals surface area contributed by atoms with Crippen LogP contribution in [0.15, 0.2) is 87.6 Å². The maximum absolute atomic E-state index is 6.77. The molecule has 1 aromatic heterocycles. The Kier molecular flexibility index (Phi) is 5.34. The zero-order chi connectivity index (χ0) is 23.4. The summed E-state index contributed by atoms with van der Waals surface area (Å²) >= 11 is 7.15. The molecule has 0 unspecified atom stereocenters. The largest absolute Gasteiger partial charge is 0.480 e. The molecule has 0 saturated heterocycles. The number of hydrogen-bond donors (Lipinski definition) is 0. The van der Waals surface area contributed by atoms with E-state index in [9.17, 15) is 0 Å². The van der Waals surface area contributed by atoms with Gasteiger partial charge in [-0.05, 0) is 59.5 Å². The average molecular weight is 578 g/mol. The monoisotopic (exact) mass is 576 g/mol. The predicted molar refractivity (Wildman–Crippen MR) is 141 cm³/mol. The van der Waals surface area contributed by atoms with Gasteiger partial charge in [0.15, 0.2) is 0 Å². The summed E-state index contributed by atoms with van der Waals surface area (Å²) in [4.78, 5) is 6.79. The van der Waals surface area contributed by atoms with Gasteiger partial charge in [0.2, 0.25) is 5.95 Å². The third kappa shape index (κ3) is 3.41. The van der Waals surface area contributed by atoms with Crippen LogP contribution in [0.25, 0.3) is 5.70 Å². The Morgan fingerprint density at radius 1 is 0.912 bits per heavy atom. The summed E-state index contributed by atoms with van der Waals surface area (Å²) in [5, 5.41) is 4.67. The second-order valence-corrected chi connectivity index (χ2v) is 10.4. The fourth-order valence-electron chi connectivity index (χ4n) is 4.95. The van der Waals surface area contributed by atoms with Crippen LogP contribution in [-0.4, -0.2) is 21.8 Å². The maximum Gasteiger partial charge on any atom is 0.229 e. The number of hydrogen-bond acceptors (Lipinski definition) is 4. The standard InChI is InChI=1S/C27H22Br2N4O/c1-3-16-4-13-22-21(14-16)25-23(26(34-22)18-7-11-20(29)12-8-18)24(17-5-9-19(28)10-6-17)33-27(32(25)2)30-15-31-33/h4-15,24,26H,3H2,1-2H3/t24-,26+/m0/s1. The van der Waals surface area contributed by atoms with Crippen LogP contribution < -0.4 is 9.64 Å². The number of nitrogens with zero attached hydrogens (tertiary/aromatic N) is 4. The molecule has 0 saturated carbocycles. The fourth-order valence-corrected chi connectivity index (χ4v) is 5.48. The van der Waals surface area contributed by atoms with Crippen LogP contribution in [0.3, 0.4) is 0 Å². The Hall–Kier alpha value is -2.90. The van der Waals surface area contributed by atoms with Crippen molar-refractivity contribution in [3.63, 3.8) is 0 Å². The van der Waals surface area contributed by atoms with Crippen molar-refractivity contribution in [3.05, 3.63) is 110 Å². The molecule has 0 aliphatic carbocycles. The van der Waals surface area contributed by atoms with Crippen molar-refractivity contribution in [1.82, 2.24) is 14.8 Å². The average Bonchev–Trinajstić information content (AvgIpc) is 3.35. The maximum atomic E-state index is 6.77. The highest BCUT2D eigenvalue weighted by Gasteiger charge is 2.43. The Labute approximate surface area is 215 Å². The van der Waals surface area contributed by atoms with E-state index in [0.717, 1.165) is 55.0 Å². The third-order valence-electron chi connectivity index (χ3n) is 6.60. The Bertz CT molecular complexity index is 1410. The first kappa shape index (κ1) is 21.6. The van der Waals surface area contributed by atoms with E-state index < -0.39 is 0 Å². The molecular formula is C27H22Br2N4O. The molecule has 2 aliphatic rings. The van der Waals surface area contributed by atoms with Crippen molar-refractivity contribution in [3.8, 4) is 5.75 Å². The smallest absolute Gasteiger partial charge is 0.229 e. The van der Waals surface area contributed by atoms with Crippen LogP contribution in [0.2, 0.25) is 0 Å². The molecule has 0 radical (unpaired) electrons. The molecule has 0 amide bonds. The summed E-state index contributed by atoms with van der Waals surface area (Å²) in [6, 6.07) is 23.2. The van der Waals surface area contributed by atoms with Crippen LogP contribution in [0, 0.1) is 0 Å². The molecule has 4 aromatic rings. The molecule has 34 heavy (non-hydrogen) atoms. The van der Waals surface area contributed by atoms with Gasteiger partial charge >= 0.3 is 0 Å². The first-order valence-corrected chi connectivity index (χ1v) is 12.8. The van der Waals surface area contributed by atoms with E-state index in [4.69, 9.17) is 4.74 Å². The lowest BCUT2D eigenvalue weighted by molar-refractivity contribution is 0.222. The lowest BCUT2D eigenvalue weighted by Crippen LogP contribution is -2.37. The molecule has 7 heteroatoms. The molecule has 0 spiro atoms. The van der Waals surface area contributed by atoms with Crippen LogP contribution in [0.4, 0.5) is 5.95 Å². The number of halogens is 2. The summed E-state index contributed by atoms with van der Waals surface area (Å²) in [5.41, 5.74) is 6.90. The van der Waals surface area contributed by atoms with Gasteiger partial charge in [-0.3, -0.25) is 0 Å². The molecule has 5 nitrogen and oxygen atoms in total. The van der Waals surface area contributed by atoms with Crippen LogP contribution in [0.5, 0.6) is 5.75 Å². The molecule has 3 aromatic carbocycles. The van der Waals surface area contributed by atoms with Gasteiger partial charge in [0.25, 0.3) is 0 Å². The molecule has 2 aliphatic heterocycles. The van der Waals surface area contributed by atoms with E-state index in [1.807, 2.05) is 4.68 Å². The van der Waals surface area contributed by atoms with E-state index in [-0.39, 0.29) is 12.1 Å². The first-order valence-electron chi connectivity index (χ1n) is 11.2. The molecule has 0 N–H and O–H groups in total. The fraction of sp³-hybridized carbons (Fsp3) is 0.185. The van der Waals surface area contributed by atoms with Crippen molar-refractivity contribution in [2.45, 2.75) is 25.5 Å². The summed E-state index contributed by atoms with van der Waals surface area (Å²) in [7, 11) is 2.07. The van der Waals surface area contributed by atoms with E-state index in [2.05, 4.69) is 128 Å². The van der Waals surface area contributed by atoms with Crippen molar-refractivity contribution >= 4 is 43.5 Å². The highest BCUT2D eigenvalue weighted by molar-refractivity contribution is 9.10. The van der Waals surface area contributed by atoms with Crippen LogP contribution in [0.1, 0.15) is 41.3 Å². The number of fused-ring (bicyclic) bond motifs is 3. The summed E-state index contributed by atoms with van der Waals surface area (Å²) < 4.78 is 10.9. The number of aryl methyl sites for hydroxylation is 1. The second-order valence-electron chi connectivity index (χ2n) is 8.56. The van der Waals surface area contributed by atoms with Gasteiger partial charge in [0.1, 0.15) is 24.2 Å². The van der Waals surface area contributed by atoms with Gasteiger partial charge in [-0.25, -0.2) is 4.68 Å². The second kappa shape index (κ2) is 8.40. The molecule has 0 fully saturated rings. The van der Waals surface area contributed by atoms with Crippen molar-refractivity contribution in [2.24, 2.45) is 0 Å². The number of rotatable bonds is 3. The van der Waals surface area contributed by atoms with E-state index in [0.29, 0.717) is 0 Å². The minimum Gasteiger partial charge on any atom is -0.480 e. The van der Waals surface area contributed by atoms with Gasteiger partial charge in [-0.15, -0.1) is 0 Å². The number of aromatic nitrogens is 3. The molecule has 170 valence electrons. The summed E-state index contributed by atoms with van der Waals surface area (Å²) in [5.74, 6) is 1.70. The van der Waals surface area contributed by atoms with Crippen LogP contribution in [-0.2, 0) is 6.42 Å². The number of ether oxygens (including phenoxy) is 1. The zero-order valence-corrected chi connectivity index (χ0v) is 21.9. The highest BCUT2D eigenvalue weighted by Crippen LogP contribution is 2.52. The summed E-state index contributed by atoms with van der Waals surface area (Å²) in [6.07, 6.45) is 2.33. The SMILES string of the molecule is CCc1ccc2c(c1)C1=C([C@H](c3ccc(Br)cc3)n3ncnc3N1C)[C@@H](c1ccc(Br)cc1)O2. The minimum absolute atomic E-state index is 0.149. The Balaban J connectivity index is 1.66. The highest BCUT2D eigenvalue weighted by atomic mass is 79.9. The number of benzene rings is 3. The molecule has 6 rings (SSSR count). The molecular weight excluding hydrogens is 556 g/mol. The topological polar surface area (TPSA) is 43.2 Å². The summed E-state index contributed by atoms with van der Waals surface area (Å²) in [6.45, 7) is 2.18. The van der Waals surface area contributed by atoms with Gasteiger partial charge in [0.05, 0.1) is 5.70 Å². The molecule has 2 atom stereocenters. The van der Waals surface area contributed by atoms with Crippen LogP contribution >= 0.6 is 31.9 Å². The lowest BCUT2D eigenvalue weighted by Gasteiger charge is -2.42. The number of anilines is 1. The van der Waals surface area contributed by atoms with Crippen molar-refractivity contribution in [1.29, 1.82) is 0 Å². The molecule has 3 heterocycles. The first-order chi connectivity index (χ1) is 16.5. The van der Waals surface area contributed by atoms with Crippen molar-refractivity contribution in [2.75, 3.05) is 11.9 Å². The van der Waals surface area contributed by atoms with Crippen molar-refractivity contribution < 1.29 is 4.74 Å². The van der Waals surface area contributed by atoms with E-state index in [1.165, 1.54) is 5.56 Å². The third-order valence-corrected chi connectivity index (χ3v) is 7.65. The lowest BCUT2D eigenvalue weighted by atomic mass is 9.84. The van der Waals surface area contributed by atoms with Gasteiger partial charge in [-0.2, -0.15) is 10.1 Å². The van der Waals surface area contributed by atoms with Gasteiger partial charge in [-0.1, -0.05) is 69.1 Å². The predicted octanol–water partition coefficient (Wildman–Crippen LogP) is 6.95. The van der Waals surface area contributed by atoms with E-state index >= 15 is 0 Å². The normalized spacial score (nSPS) is 18.8. The molecule has 0 bridgehead atoms. The quantitative estimate of drug-likeness (QED) is 0.264. The van der Waals surface area contributed by atoms with Gasteiger partial charge < -0.3 is 9.64 Å². The zero-order valence-electron chi connectivity index (χ0n) is 18.7.